The molecule has 0 aliphatic carbocycles. The number of carbonyl (C=O) groups is 1. The van der Waals surface area contributed by atoms with Crippen LogP contribution in [0.2, 0.25) is 0 Å². The smallest absolute Gasteiger partial charge is 0.238 e. The Morgan fingerprint density at radius 3 is 2.42 bits per heavy atom. The van der Waals surface area contributed by atoms with Crippen LogP contribution in [0, 0.1) is 20.8 Å². The first-order chi connectivity index (χ1) is 11.2. The molecular formula is C17H20N2O3S2. The van der Waals surface area contributed by atoms with Crippen LogP contribution in [-0.4, -0.2) is 20.1 Å². The number of sulfonamides is 1. The third-order valence-corrected chi connectivity index (χ3v) is 5.69. The highest BCUT2D eigenvalue weighted by Crippen LogP contribution is 2.24. The minimum Gasteiger partial charge on any atom is -0.325 e. The Labute approximate surface area is 146 Å². The molecule has 0 fully saturated rings. The van der Waals surface area contributed by atoms with E-state index in [0.29, 0.717) is 11.3 Å². The first kappa shape index (κ1) is 18.5. The Hall–Kier alpha value is -1.83. The number of amides is 1. The van der Waals surface area contributed by atoms with Crippen molar-refractivity contribution in [1.29, 1.82) is 0 Å². The maximum atomic E-state index is 12.1. The largest absolute Gasteiger partial charge is 0.325 e. The van der Waals surface area contributed by atoms with E-state index in [0.717, 1.165) is 16.0 Å². The number of aryl methyl sites for hydroxylation is 3. The first-order valence-corrected chi connectivity index (χ1v) is 9.83. The number of carbonyl (C=O) groups excluding carboxylic acids is 1. The second-order valence-corrected chi connectivity index (χ2v) is 8.18. The molecule has 2 aromatic rings. The SMILES string of the molecule is Cc1ccc(C)c(SCC(=O)Nc2ccc(C)c(S(N)(=O)=O)c2)c1. The molecule has 0 saturated carbocycles. The molecule has 0 saturated heterocycles. The number of primary sulfonamides is 1. The molecule has 0 bridgehead atoms. The zero-order valence-corrected chi connectivity index (χ0v) is 15.4. The monoisotopic (exact) mass is 364 g/mol. The molecule has 0 atom stereocenters. The van der Waals surface area contributed by atoms with E-state index in [4.69, 9.17) is 5.14 Å². The molecule has 0 aliphatic heterocycles. The molecule has 5 nitrogen and oxygen atoms in total. The van der Waals surface area contributed by atoms with Gasteiger partial charge in [0.15, 0.2) is 0 Å². The summed E-state index contributed by atoms with van der Waals surface area (Å²) in [7, 11) is -3.81. The highest BCUT2D eigenvalue weighted by Gasteiger charge is 2.13. The predicted octanol–water partition coefficient (Wildman–Crippen LogP) is 2.99. The van der Waals surface area contributed by atoms with Gasteiger partial charge in [-0.1, -0.05) is 23.8 Å². The van der Waals surface area contributed by atoms with Crippen molar-refractivity contribution in [2.75, 3.05) is 11.1 Å². The van der Waals surface area contributed by atoms with E-state index in [9.17, 15) is 13.2 Å². The van der Waals surface area contributed by atoms with Crippen molar-refractivity contribution in [3.05, 3.63) is 53.1 Å². The summed E-state index contributed by atoms with van der Waals surface area (Å²) >= 11 is 1.45. The van der Waals surface area contributed by atoms with Crippen LogP contribution in [0.4, 0.5) is 5.69 Å². The van der Waals surface area contributed by atoms with Gasteiger partial charge in [0.25, 0.3) is 0 Å². The Kier molecular flexibility index (Phi) is 5.69. The summed E-state index contributed by atoms with van der Waals surface area (Å²) < 4.78 is 23.1. The number of hydrogen-bond acceptors (Lipinski definition) is 4. The molecule has 2 rings (SSSR count). The number of nitrogens with one attached hydrogen (secondary N) is 1. The zero-order valence-electron chi connectivity index (χ0n) is 13.8. The maximum Gasteiger partial charge on any atom is 0.238 e. The fourth-order valence-electron chi connectivity index (χ4n) is 2.19. The summed E-state index contributed by atoms with van der Waals surface area (Å²) in [6.45, 7) is 5.66. The van der Waals surface area contributed by atoms with E-state index in [1.807, 2.05) is 32.0 Å². The highest BCUT2D eigenvalue weighted by molar-refractivity contribution is 8.00. The lowest BCUT2D eigenvalue weighted by atomic mass is 10.2. The van der Waals surface area contributed by atoms with Gasteiger partial charge in [-0.25, -0.2) is 13.6 Å². The average molecular weight is 364 g/mol. The predicted molar refractivity (Wildman–Crippen MR) is 97.8 cm³/mol. The molecular weight excluding hydrogens is 344 g/mol. The molecule has 0 spiro atoms. The van der Waals surface area contributed by atoms with Crippen LogP contribution in [0.5, 0.6) is 0 Å². The molecule has 3 N–H and O–H groups in total. The lowest BCUT2D eigenvalue weighted by molar-refractivity contribution is -0.113. The Morgan fingerprint density at radius 1 is 1.08 bits per heavy atom. The quantitative estimate of drug-likeness (QED) is 0.798. The van der Waals surface area contributed by atoms with Crippen LogP contribution in [0.15, 0.2) is 46.2 Å². The average Bonchev–Trinajstić information content (AvgIpc) is 2.49. The molecule has 24 heavy (non-hydrogen) atoms. The van der Waals surface area contributed by atoms with Gasteiger partial charge in [-0.3, -0.25) is 4.79 Å². The second-order valence-electron chi connectivity index (χ2n) is 5.63. The van der Waals surface area contributed by atoms with Crippen LogP contribution in [0.25, 0.3) is 0 Å². The third-order valence-electron chi connectivity index (χ3n) is 3.48. The molecule has 0 aliphatic rings. The molecule has 0 unspecified atom stereocenters. The molecule has 1 amide bonds. The zero-order chi connectivity index (χ0) is 17.9. The first-order valence-electron chi connectivity index (χ1n) is 7.30. The van der Waals surface area contributed by atoms with Crippen LogP contribution < -0.4 is 10.5 Å². The van der Waals surface area contributed by atoms with Gasteiger partial charge in [-0.05, 0) is 50.1 Å². The Balaban J connectivity index is 2.06. The third kappa shape index (κ3) is 4.83. The van der Waals surface area contributed by atoms with E-state index in [1.54, 1.807) is 19.1 Å². The molecule has 128 valence electrons. The van der Waals surface area contributed by atoms with E-state index in [-0.39, 0.29) is 16.6 Å². The van der Waals surface area contributed by atoms with Crippen LogP contribution in [-0.2, 0) is 14.8 Å². The number of benzene rings is 2. The van der Waals surface area contributed by atoms with E-state index in [2.05, 4.69) is 5.32 Å². The standard InChI is InChI=1S/C17H20N2O3S2/c1-11-4-5-12(2)15(8-11)23-10-17(20)19-14-7-6-13(3)16(9-14)24(18,21)22/h4-9H,10H2,1-3H3,(H,19,20)(H2,18,21,22). The summed E-state index contributed by atoms with van der Waals surface area (Å²) in [6.07, 6.45) is 0. The normalized spacial score (nSPS) is 11.3. The highest BCUT2D eigenvalue weighted by atomic mass is 32.2. The van der Waals surface area contributed by atoms with Gasteiger partial charge in [-0.2, -0.15) is 0 Å². The Morgan fingerprint density at radius 2 is 1.75 bits per heavy atom. The van der Waals surface area contributed by atoms with Gasteiger partial charge in [0.05, 0.1) is 10.6 Å². The van der Waals surface area contributed by atoms with Crippen molar-refractivity contribution in [2.45, 2.75) is 30.6 Å². The van der Waals surface area contributed by atoms with E-state index < -0.39 is 10.0 Å². The van der Waals surface area contributed by atoms with Gasteiger partial charge in [-0.15, -0.1) is 11.8 Å². The number of anilines is 1. The number of thioether (sulfide) groups is 1. The topological polar surface area (TPSA) is 89.3 Å². The van der Waals surface area contributed by atoms with Gasteiger partial charge < -0.3 is 5.32 Å². The summed E-state index contributed by atoms with van der Waals surface area (Å²) in [5.41, 5.74) is 3.21. The van der Waals surface area contributed by atoms with Crippen molar-refractivity contribution in [3.8, 4) is 0 Å². The summed E-state index contributed by atoms with van der Waals surface area (Å²) in [5, 5.41) is 7.88. The van der Waals surface area contributed by atoms with Gasteiger partial charge in [0.1, 0.15) is 0 Å². The molecule has 2 aromatic carbocycles. The van der Waals surface area contributed by atoms with Gasteiger partial charge in [0.2, 0.25) is 15.9 Å². The lowest BCUT2D eigenvalue weighted by Crippen LogP contribution is -2.17. The van der Waals surface area contributed by atoms with Gasteiger partial charge in [0, 0.05) is 10.6 Å². The summed E-state index contributed by atoms with van der Waals surface area (Å²) in [4.78, 5) is 13.2. The molecule has 0 radical (unpaired) electrons. The van der Waals surface area contributed by atoms with Crippen molar-refractivity contribution in [2.24, 2.45) is 5.14 Å². The number of rotatable bonds is 5. The maximum absolute atomic E-state index is 12.1. The molecule has 0 aromatic heterocycles. The van der Waals surface area contributed by atoms with Gasteiger partial charge >= 0.3 is 0 Å². The number of nitrogens with two attached hydrogens (primary N) is 1. The van der Waals surface area contributed by atoms with E-state index >= 15 is 0 Å². The fourth-order valence-corrected chi connectivity index (χ4v) is 3.92. The van der Waals surface area contributed by atoms with Crippen molar-refractivity contribution in [1.82, 2.24) is 0 Å². The fraction of sp³-hybridized carbons (Fsp3) is 0.235. The minimum absolute atomic E-state index is 0.0162. The van der Waals surface area contributed by atoms with Crippen LogP contribution in [0.1, 0.15) is 16.7 Å². The lowest BCUT2D eigenvalue weighted by Gasteiger charge is -2.10. The summed E-state index contributed by atoms with van der Waals surface area (Å²) in [5.74, 6) is 0.0354. The number of hydrogen-bond donors (Lipinski definition) is 2. The molecule has 7 heteroatoms. The van der Waals surface area contributed by atoms with Crippen molar-refractivity contribution < 1.29 is 13.2 Å². The molecule has 0 heterocycles. The van der Waals surface area contributed by atoms with Crippen molar-refractivity contribution in [3.63, 3.8) is 0 Å². The summed E-state index contributed by atoms with van der Waals surface area (Å²) in [6, 6.07) is 10.7. The van der Waals surface area contributed by atoms with Crippen LogP contribution in [0.3, 0.4) is 0 Å². The Bertz CT molecular complexity index is 877. The van der Waals surface area contributed by atoms with E-state index in [1.165, 1.54) is 17.8 Å². The van der Waals surface area contributed by atoms with Crippen LogP contribution >= 0.6 is 11.8 Å². The minimum atomic E-state index is -3.81. The van der Waals surface area contributed by atoms with Crippen molar-refractivity contribution >= 4 is 33.4 Å². The second kappa shape index (κ2) is 7.38.